The molecule has 0 saturated carbocycles. The van der Waals surface area contributed by atoms with Gasteiger partial charge in [0.2, 0.25) is 5.91 Å². The molecule has 2 aliphatic rings. The summed E-state index contributed by atoms with van der Waals surface area (Å²) in [6.45, 7) is 3.03. The van der Waals surface area contributed by atoms with Gasteiger partial charge in [-0.2, -0.15) is 0 Å². The lowest BCUT2D eigenvalue weighted by Crippen LogP contribution is -2.57. The number of hydrogen-bond donors (Lipinski definition) is 3. The maximum Gasteiger partial charge on any atom is 0.220 e. The number of ketones is 3. The van der Waals surface area contributed by atoms with Crippen LogP contribution in [-0.2, 0) is 22.4 Å². The fourth-order valence-electron chi connectivity index (χ4n) is 4.45. The first kappa shape index (κ1) is 19.8. The number of hydrogen-bond acceptors (Lipinski definition) is 6. The van der Waals surface area contributed by atoms with Gasteiger partial charge in [-0.05, 0) is 19.8 Å². The smallest absolute Gasteiger partial charge is 0.220 e. The summed E-state index contributed by atoms with van der Waals surface area (Å²) in [7, 11) is 0. The molecule has 1 amide bonds. The third-order valence-electron chi connectivity index (χ3n) is 6.18. The highest BCUT2D eigenvalue weighted by Crippen LogP contribution is 2.47. The molecule has 2 aromatic carbocycles. The van der Waals surface area contributed by atoms with Crippen LogP contribution in [0.25, 0.3) is 0 Å². The number of rotatable bonds is 3. The molecular weight excluding hydrogens is 386 g/mol. The summed E-state index contributed by atoms with van der Waals surface area (Å²) >= 11 is 0. The van der Waals surface area contributed by atoms with E-state index >= 15 is 0 Å². The van der Waals surface area contributed by atoms with Crippen molar-refractivity contribution >= 4 is 23.3 Å². The lowest BCUT2D eigenvalue weighted by atomic mass is 9.71. The van der Waals surface area contributed by atoms with Crippen LogP contribution in [0.5, 0.6) is 11.5 Å². The van der Waals surface area contributed by atoms with Crippen LogP contribution >= 0.6 is 0 Å². The standard InChI is InChI=1S/C23H21NO6/c1-3-16(26)24-23(11(2)25)9-8-14-15(10-23)22(30)18-17(21(14)29)19(27)12-6-4-5-7-13(12)20(18)28/h4-7,29-30H,3,8-10H2,1-2H3,(H,24,26). The summed E-state index contributed by atoms with van der Waals surface area (Å²) in [5.41, 5.74) is -0.831. The molecule has 0 heterocycles. The van der Waals surface area contributed by atoms with Gasteiger partial charge in [-0.15, -0.1) is 0 Å². The van der Waals surface area contributed by atoms with Crippen molar-refractivity contribution < 1.29 is 29.4 Å². The lowest BCUT2D eigenvalue weighted by molar-refractivity contribution is -0.131. The number of aromatic hydroxyl groups is 2. The summed E-state index contributed by atoms with van der Waals surface area (Å²) < 4.78 is 0. The van der Waals surface area contributed by atoms with Crippen molar-refractivity contribution in [2.75, 3.05) is 0 Å². The van der Waals surface area contributed by atoms with E-state index in [-0.39, 0.29) is 70.9 Å². The molecular formula is C23H21NO6. The number of benzene rings is 2. The molecule has 2 aromatic rings. The van der Waals surface area contributed by atoms with Crippen molar-refractivity contribution in [3.63, 3.8) is 0 Å². The Hall–Kier alpha value is -3.48. The molecule has 1 atom stereocenters. The van der Waals surface area contributed by atoms with Crippen LogP contribution in [0.2, 0.25) is 0 Å². The van der Waals surface area contributed by atoms with Gasteiger partial charge < -0.3 is 15.5 Å². The molecule has 0 aliphatic heterocycles. The van der Waals surface area contributed by atoms with Crippen LogP contribution in [0.4, 0.5) is 0 Å². The molecule has 7 heteroatoms. The second kappa shape index (κ2) is 6.79. The minimum Gasteiger partial charge on any atom is -0.507 e. The Bertz CT molecular complexity index is 1150. The van der Waals surface area contributed by atoms with Gasteiger partial charge in [0.1, 0.15) is 17.0 Å². The molecule has 3 N–H and O–H groups in total. The first-order chi connectivity index (χ1) is 14.2. The van der Waals surface area contributed by atoms with Gasteiger partial charge in [0, 0.05) is 35.1 Å². The number of nitrogens with one attached hydrogen (secondary N) is 1. The monoisotopic (exact) mass is 407 g/mol. The third kappa shape index (κ3) is 2.65. The molecule has 1 unspecified atom stereocenters. The van der Waals surface area contributed by atoms with E-state index < -0.39 is 22.9 Å². The second-order valence-corrected chi connectivity index (χ2v) is 7.82. The number of amides is 1. The molecule has 0 spiro atoms. The fourth-order valence-corrected chi connectivity index (χ4v) is 4.45. The van der Waals surface area contributed by atoms with E-state index in [9.17, 15) is 29.4 Å². The van der Waals surface area contributed by atoms with Crippen molar-refractivity contribution in [2.24, 2.45) is 0 Å². The summed E-state index contributed by atoms with van der Waals surface area (Å²) in [5, 5.41) is 24.7. The summed E-state index contributed by atoms with van der Waals surface area (Å²) in [5.74, 6) is -2.44. The van der Waals surface area contributed by atoms with E-state index in [0.717, 1.165) is 0 Å². The topological polar surface area (TPSA) is 121 Å². The molecule has 0 aromatic heterocycles. The maximum absolute atomic E-state index is 13.1. The van der Waals surface area contributed by atoms with Crippen LogP contribution in [0.15, 0.2) is 24.3 Å². The highest BCUT2D eigenvalue weighted by molar-refractivity contribution is 6.30. The van der Waals surface area contributed by atoms with Crippen LogP contribution in [0, 0.1) is 0 Å². The predicted octanol–water partition coefficient (Wildman–Crippen LogP) is 2.22. The molecule has 0 radical (unpaired) electrons. The average Bonchev–Trinajstić information content (AvgIpc) is 2.74. The van der Waals surface area contributed by atoms with Crippen LogP contribution in [0.1, 0.15) is 69.7 Å². The van der Waals surface area contributed by atoms with Crippen molar-refractivity contribution in [3.8, 4) is 11.5 Å². The van der Waals surface area contributed by atoms with Crippen molar-refractivity contribution in [1.29, 1.82) is 0 Å². The highest BCUT2D eigenvalue weighted by Gasteiger charge is 2.45. The Kier molecular flexibility index (Phi) is 4.49. The molecule has 0 saturated heterocycles. The van der Waals surface area contributed by atoms with Gasteiger partial charge >= 0.3 is 0 Å². The normalized spacial score (nSPS) is 19.5. The Morgan fingerprint density at radius 3 is 2.03 bits per heavy atom. The van der Waals surface area contributed by atoms with Gasteiger partial charge in [0.25, 0.3) is 0 Å². The van der Waals surface area contributed by atoms with Crippen molar-refractivity contribution in [2.45, 2.75) is 45.1 Å². The lowest BCUT2D eigenvalue weighted by Gasteiger charge is -2.38. The number of Topliss-reactive ketones (excluding diaryl/α,β-unsaturated/α-hetero) is 1. The van der Waals surface area contributed by atoms with Gasteiger partial charge in [-0.25, -0.2) is 0 Å². The molecule has 4 rings (SSSR count). The van der Waals surface area contributed by atoms with E-state index in [1.54, 1.807) is 19.1 Å². The van der Waals surface area contributed by atoms with Crippen molar-refractivity contribution in [3.05, 3.63) is 57.6 Å². The minimum atomic E-state index is -1.24. The summed E-state index contributed by atoms with van der Waals surface area (Å²) in [4.78, 5) is 50.6. The quantitative estimate of drug-likeness (QED) is 0.573. The number of phenolic OH excluding ortho intramolecular Hbond substituents is 2. The number of phenols is 2. The first-order valence-electron chi connectivity index (χ1n) is 9.82. The zero-order chi connectivity index (χ0) is 21.8. The van der Waals surface area contributed by atoms with E-state index in [4.69, 9.17) is 0 Å². The van der Waals surface area contributed by atoms with Crippen LogP contribution in [0.3, 0.4) is 0 Å². The van der Waals surface area contributed by atoms with Gasteiger partial charge in [-0.1, -0.05) is 31.2 Å². The zero-order valence-electron chi connectivity index (χ0n) is 16.7. The second-order valence-electron chi connectivity index (χ2n) is 7.82. The average molecular weight is 407 g/mol. The minimum absolute atomic E-state index is 0.0702. The Labute approximate surface area is 172 Å². The summed E-state index contributed by atoms with van der Waals surface area (Å²) in [6, 6.07) is 6.25. The van der Waals surface area contributed by atoms with E-state index in [2.05, 4.69) is 5.32 Å². The number of carbonyl (C=O) groups excluding carboxylic acids is 4. The van der Waals surface area contributed by atoms with Crippen LogP contribution in [-0.4, -0.2) is 39.0 Å². The number of fused-ring (bicyclic) bond motifs is 3. The van der Waals surface area contributed by atoms with E-state index in [1.807, 2.05) is 0 Å². The van der Waals surface area contributed by atoms with E-state index in [0.29, 0.717) is 5.56 Å². The predicted molar refractivity (Wildman–Crippen MR) is 107 cm³/mol. The fraction of sp³-hybridized carbons (Fsp3) is 0.304. The Balaban J connectivity index is 1.92. The Morgan fingerprint density at radius 1 is 1.00 bits per heavy atom. The van der Waals surface area contributed by atoms with Crippen LogP contribution < -0.4 is 5.32 Å². The zero-order valence-corrected chi connectivity index (χ0v) is 16.7. The Morgan fingerprint density at radius 2 is 1.53 bits per heavy atom. The highest BCUT2D eigenvalue weighted by atomic mass is 16.3. The molecule has 2 aliphatic carbocycles. The number of carbonyl (C=O) groups is 4. The largest absolute Gasteiger partial charge is 0.507 e. The van der Waals surface area contributed by atoms with Gasteiger partial charge in [0.15, 0.2) is 17.3 Å². The molecule has 7 nitrogen and oxygen atoms in total. The van der Waals surface area contributed by atoms with E-state index in [1.165, 1.54) is 19.1 Å². The third-order valence-corrected chi connectivity index (χ3v) is 6.18. The molecule has 0 fully saturated rings. The molecule has 30 heavy (non-hydrogen) atoms. The van der Waals surface area contributed by atoms with Gasteiger partial charge in [-0.3, -0.25) is 19.2 Å². The summed E-state index contributed by atoms with van der Waals surface area (Å²) in [6.07, 6.45) is 0.493. The van der Waals surface area contributed by atoms with Gasteiger partial charge in [0.05, 0.1) is 11.1 Å². The van der Waals surface area contributed by atoms with Crippen molar-refractivity contribution in [1.82, 2.24) is 5.32 Å². The first-order valence-corrected chi connectivity index (χ1v) is 9.82. The SMILES string of the molecule is CCC(=O)NC1(C(C)=O)CCc2c(O)c3c(c(O)c2C1)C(=O)c1ccccc1C3=O. The maximum atomic E-state index is 13.1. The molecule has 154 valence electrons. The molecule has 0 bridgehead atoms.